The number of rotatable bonds is 2. The molecule has 0 unspecified atom stereocenters. The maximum atomic E-state index is 9.82. The van der Waals surface area contributed by atoms with Gasteiger partial charge in [0.15, 0.2) is 0 Å². The van der Waals surface area contributed by atoms with E-state index < -0.39 is 0 Å². The number of nitrogens with two attached hydrogens (primary N) is 1. The van der Waals surface area contributed by atoms with E-state index in [0.29, 0.717) is 0 Å². The Bertz CT molecular complexity index is 67.5. The smallest absolute Gasteiger partial charge is 0.136 e. The van der Waals surface area contributed by atoms with Crippen LogP contribution in [0.25, 0.3) is 0 Å². The molecule has 79 valence electrons. The van der Waals surface area contributed by atoms with Crippen molar-refractivity contribution in [2.75, 3.05) is 0 Å². The second-order valence-corrected chi connectivity index (χ2v) is 1.96. The molecular formula is C9H27NOV. The summed E-state index contributed by atoms with van der Waals surface area (Å²) in [6, 6.07) is -0.278. The molecule has 2 N–H and O–H groups in total. The van der Waals surface area contributed by atoms with E-state index in [1.165, 1.54) is 0 Å². The monoisotopic (exact) mass is 216 g/mol. The van der Waals surface area contributed by atoms with Crippen LogP contribution < -0.4 is 5.73 Å². The Hall–Kier alpha value is 0.214. The number of hydrogen-bond donors (Lipinski definition) is 1. The fourth-order valence-corrected chi connectivity index (χ4v) is 0.157. The molecule has 0 spiro atoms. The molecule has 3 heteroatoms. The number of hydrogen-bond acceptors (Lipinski definition) is 2. The van der Waals surface area contributed by atoms with Gasteiger partial charge in [0.25, 0.3) is 0 Å². The zero-order valence-electron chi connectivity index (χ0n) is 5.16. The molecule has 0 aliphatic rings. The average molecular weight is 216 g/mol. The Labute approximate surface area is 91.2 Å². The molecule has 0 amide bonds. The maximum absolute atomic E-state index is 9.82. The topological polar surface area (TPSA) is 43.1 Å². The van der Waals surface area contributed by atoms with Gasteiger partial charge in [-0.05, 0) is 5.92 Å². The molecule has 0 bridgehead atoms. The van der Waals surface area contributed by atoms with E-state index in [4.69, 9.17) is 5.73 Å². The van der Waals surface area contributed by atoms with Crippen molar-refractivity contribution in [3.8, 4) is 0 Å². The zero-order chi connectivity index (χ0) is 5.86. The molecule has 0 saturated carbocycles. The summed E-state index contributed by atoms with van der Waals surface area (Å²) in [5, 5.41) is 0. The van der Waals surface area contributed by atoms with Crippen LogP contribution in [0.3, 0.4) is 0 Å². The van der Waals surface area contributed by atoms with Crippen LogP contribution in [-0.4, -0.2) is 12.3 Å². The first kappa shape index (κ1) is 39.8. The largest absolute Gasteiger partial charge is 0.322 e. The molecule has 0 aromatic heterocycles. The van der Waals surface area contributed by atoms with Gasteiger partial charge in [0.2, 0.25) is 0 Å². The van der Waals surface area contributed by atoms with E-state index >= 15 is 0 Å². The van der Waals surface area contributed by atoms with E-state index in [1.807, 2.05) is 13.8 Å². The van der Waals surface area contributed by atoms with E-state index in [-0.39, 0.29) is 60.2 Å². The van der Waals surface area contributed by atoms with Crippen LogP contribution in [0.2, 0.25) is 0 Å². The summed E-state index contributed by atoms with van der Waals surface area (Å²) < 4.78 is 0. The molecule has 2 nitrogen and oxygen atoms in total. The third-order valence-corrected chi connectivity index (χ3v) is 0.927. The second-order valence-electron chi connectivity index (χ2n) is 1.96. The molecule has 0 aliphatic carbocycles. The van der Waals surface area contributed by atoms with Crippen LogP contribution in [0, 0.1) is 5.92 Å². The van der Waals surface area contributed by atoms with Crippen molar-refractivity contribution in [1.29, 1.82) is 0 Å². The minimum Gasteiger partial charge on any atom is -0.322 e. The molecule has 0 aliphatic heterocycles. The van der Waals surface area contributed by atoms with Gasteiger partial charge in [-0.15, -0.1) is 0 Å². The van der Waals surface area contributed by atoms with Gasteiger partial charge in [-0.25, -0.2) is 0 Å². The zero-order valence-corrected chi connectivity index (χ0v) is 6.56. The predicted octanol–water partition coefficient (Wildman–Crippen LogP) is 2.71. The fourth-order valence-electron chi connectivity index (χ4n) is 0.157. The Morgan fingerprint density at radius 2 is 1.33 bits per heavy atom. The number of aldehydes is 1. The van der Waals surface area contributed by atoms with Crippen molar-refractivity contribution in [1.82, 2.24) is 0 Å². The van der Waals surface area contributed by atoms with Crippen molar-refractivity contribution >= 4 is 6.29 Å². The second kappa shape index (κ2) is 22.5. The Morgan fingerprint density at radius 1 is 1.08 bits per heavy atom. The first-order chi connectivity index (χ1) is 3.18. The third kappa shape index (κ3) is 22.5. The van der Waals surface area contributed by atoms with Gasteiger partial charge < -0.3 is 10.5 Å². The molecule has 0 aromatic carbocycles. The Balaban J connectivity index is -0.0000000180. The summed E-state index contributed by atoms with van der Waals surface area (Å²) in [5.41, 5.74) is 5.25. The van der Waals surface area contributed by atoms with Crippen LogP contribution in [0.15, 0.2) is 0 Å². The minimum absolute atomic E-state index is 0. The molecule has 0 saturated heterocycles. The van der Waals surface area contributed by atoms with Gasteiger partial charge in [0, 0.05) is 18.6 Å². The molecule has 0 rings (SSSR count). The molecule has 0 fully saturated rings. The summed E-state index contributed by atoms with van der Waals surface area (Å²) in [7, 11) is 0. The summed E-state index contributed by atoms with van der Waals surface area (Å²) in [6.07, 6.45) is 0.769. The van der Waals surface area contributed by atoms with E-state index in [2.05, 4.69) is 0 Å². The predicted molar refractivity (Wildman–Crippen MR) is 55.8 cm³/mol. The summed E-state index contributed by atoms with van der Waals surface area (Å²) in [5.74, 6) is 0.275. The Kier molecular flexibility index (Phi) is 74.5. The molecule has 1 radical (unpaired) electrons. The average Bonchev–Trinajstić information content (AvgIpc) is 1.65. The van der Waals surface area contributed by atoms with Crippen molar-refractivity contribution in [2.24, 2.45) is 11.7 Å². The van der Waals surface area contributed by atoms with Crippen molar-refractivity contribution < 1.29 is 23.4 Å². The summed E-state index contributed by atoms with van der Waals surface area (Å²) in [4.78, 5) is 9.82. The maximum Gasteiger partial charge on any atom is 0.136 e. The normalized spacial score (nSPS) is 8.33. The van der Waals surface area contributed by atoms with Gasteiger partial charge in [-0.3, -0.25) is 0 Å². The SMILES string of the molecule is C.C.C.C.CC(C)[C@H](N)C=O.[V]. The van der Waals surface area contributed by atoms with Gasteiger partial charge in [0.1, 0.15) is 6.29 Å². The van der Waals surface area contributed by atoms with E-state index in [0.717, 1.165) is 6.29 Å². The third-order valence-electron chi connectivity index (χ3n) is 0.927. The quantitative estimate of drug-likeness (QED) is 0.721. The molecule has 0 aromatic rings. The van der Waals surface area contributed by atoms with Gasteiger partial charge in [-0.2, -0.15) is 0 Å². The number of carbonyl (C=O) groups is 1. The van der Waals surface area contributed by atoms with Gasteiger partial charge >= 0.3 is 0 Å². The van der Waals surface area contributed by atoms with E-state index in [9.17, 15) is 4.79 Å². The van der Waals surface area contributed by atoms with Crippen LogP contribution in [0.1, 0.15) is 43.6 Å². The van der Waals surface area contributed by atoms with Crippen LogP contribution in [0.4, 0.5) is 0 Å². The fraction of sp³-hybridized carbons (Fsp3) is 0.889. The molecular weight excluding hydrogens is 189 g/mol. The van der Waals surface area contributed by atoms with Crippen LogP contribution in [-0.2, 0) is 23.4 Å². The van der Waals surface area contributed by atoms with Gasteiger partial charge in [0.05, 0.1) is 6.04 Å². The Morgan fingerprint density at radius 3 is 1.33 bits per heavy atom. The van der Waals surface area contributed by atoms with Crippen molar-refractivity contribution in [2.45, 2.75) is 49.6 Å². The standard InChI is InChI=1S/C5H11NO.4CH4.V/c1-4(2)5(6)3-7;;;;;/h3-5H,6H2,1-2H3;4*1H4;/t5-;;;;;/m1...../s1. The number of carbonyl (C=O) groups excluding carboxylic acids is 1. The van der Waals surface area contributed by atoms with Crippen molar-refractivity contribution in [3.63, 3.8) is 0 Å². The summed E-state index contributed by atoms with van der Waals surface area (Å²) in [6.45, 7) is 3.83. The molecule has 0 heterocycles. The van der Waals surface area contributed by atoms with Gasteiger partial charge in [-0.1, -0.05) is 43.6 Å². The van der Waals surface area contributed by atoms with Crippen LogP contribution in [0.5, 0.6) is 0 Å². The first-order valence-electron chi connectivity index (χ1n) is 2.39. The van der Waals surface area contributed by atoms with Crippen LogP contribution >= 0.6 is 0 Å². The molecule has 1 atom stereocenters. The van der Waals surface area contributed by atoms with Crippen molar-refractivity contribution in [3.05, 3.63) is 0 Å². The minimum atomic E-state index is -0.278. The van der Waals surface area contributed by atoms with E-state index in [1.54, 1.807) is 0 Å². The molecule has 12 heavy (non-hydrogen) atoms. The summed E-state index contributed by atoms with van der Waals surface area (Å²) >= 11 is 0. The first-order valence-corrected chi connectivity index (χ1v) is 2.39.